The Morgan fingerprint density at radius 1 is 1.43 bits per heavy atom. The predicted molar refractivity (Wildman–Crippen MR) is 30.0 cm³/mol. The number of ether oxygens (including phenoxy) is 2. The second-order valence-corrected chi connectivity index (χ2v) is 1.40. The van der Waals surface area contributed by atoms with Crippen LogP contribution in [-0.4, -0.2) is 26.3 Å². The van der Waals surface area contributed by atoms with Crippen molar-refractivity contribution in [3.8, 4) is 0 Å². The molecular formula is C4H9O2S-. The van der Waals surface area contributed by atoms with Crippen molar-refractivity contribution < 1.29 is 9.47 Å². The lowest BCUT2D eigenvalue weighted by Gasteiger charge is -2.15. The molecule has 0 N–H and O–H groups in total. The zero-order valence-electron chi connectivity index (χ0n) is 4.51. The van der Waals surface area contributed by atoms with E-state index >= 15 is 0 Å². The van der Waals surface area contributed by atoms with Crippen molar-refractivity contribution in [2.24, 2.45) is 0 Å². The van der Waals surface area contributed by atoms with E-state index in [1.807, 2.05) is 0 Å². The van der Waals surface area contributed by atoms with Gasteiger partial charge in [0.2, 0.25) is 0 Å². The monoisotopic (exact) mass is 121 g/mol. The Bertz CT molecular complexity index is 31.2. The molecule has 0 rings (SSSR count). The maximum absolute atomic E-state index is 4.72. The summed E-state index contributed by atoms with van der Waals surface area (Å²) in [6.45, 7) is 0. The van der Waals surface area contributed by atoms with Gasteiger partial charge in [0.1, 0.15) is 6.29 Å². The van der Waals surface area contributed by atoms with Crippen molar-refractivity contribution in [2.75, 3.05) is 20.0 Å². The summed E-state index contributed by atoms with van der Waals surface area (Å²) in [5, 5.41) is 0. The van der Waals surface area contributed by atoms with Crippen LogP contribution in [0.5, 0.6) is 0 Å². The second kappa shape index (κ2) is 4.43. The molecular weight excluding hydrogens is 112 g/mol. The molecule has 0 fully saturated rings. The molecule has 3 heteroatoms. The van der Waals surface area contributed by atoms with Crippen LogP contribution in [0.2, 0.25) is 0 Å². The second-order valence-electron chi connectivity index (χ2n) is 1.07. The van der Waals surface area contributed by atoms with Crippen molar-refractivity contribution >= 4 is 12.6 Å². The van der Waals surface area contributed by atoms with Crippen molar-refractivity contribution in [1.82, 2.24) is 0 Å². The van der Waals surface area contributed by atoms with E-state index in [0.29, 0.717) is 5.75 Å². The quantitative estimate of drug-likeness (QED) is 0.391. The summed E-state index contributed by atoms with van der Waals surface area (Å²) in [6.07, 6.45) is -0.199. The van der Waals surface area contributed by atoms with E-state index in [0.717, 1.165) is 0 Å². The molecule has 0 saturated carbocycles. The third kappa shape index (κ3) is 2.91. The summed E-state index contributed by atoms with van der Waals surface area (Å²) >= 11 is 4.62. The summed E-state index contributed by atoms with van der Waals surface area (Å²) < 4.78 is 9.44. The lowest BCUT2D eigenvalue weighted by molar-refractivity contribution is -0.0841. The summed E-state index contributed by atoms with van der Waals surface area (Å²) in [6, 6.07) is 0. The van der Waals surface area contributed by atoms with Gasteiger partial charge in [-0.1, -0.05) is 0 Å². The van der Waals surface area contributed by atoms with E-state index in [4.69, 9.17) is 9.47 Å². The Balaban J connectivity index is 2.99. The summed E-state index contributed by atoms with van der Waals surface area (Å²) in [7, 11) is 3.14. The molecule has 0 aromatic rings. The molecule has 0 unspecified atom stereocenters. The van der Waals surface area contributed by atoms with E-state index in [2.05, 4.69) is 12.6 Å². The van der Waals surface area contributed by atoms with Crippen LogP contribution >= 0.6 is 0 Å². The van der Waals surface area contributed by atoms with Crippen molar-refractivity contribution in [2.45, 2.75) is 6.29 Å². The molecule has 0 heterocycles. The van der Waals surface area contributed by atoms with Crippen LogP contribution in [0.4, 0.5) is 0 Å². The molecule has 0 aliphatic heterocycles. The SMILES string of the molecule is COC(C[S-])OC. The first kappa shape index (κ1) is 7.27. The highest BCUT2D eigenvalue weighted by atomic mass is 32.1. The van der Waals surface area contributed by atoms with Gasteiger partial charge in [0.05, 0.1) is 0 Å². The van der Waals surface area contributed by atoms with E-state index in [-0.39, 0.29) is 6.29 Å². The van der Waals surface area contributed by atoms with Gasteiger partial charge in [0, 0.05) is 14.2 Å². The predicted octanol–water partition coefficient (Wildman–Crippen LogP) is 0.152. The lowest BCUT2D eigenvalue weighted by Crippen LogP contribution is -2.15. The molecule has 0 bridgehead atoms. The molecule has 0 spiro atoms. The van der Waals surface area contributed by atoms with Gasteiger partial charge in [-0.15, -0.1) is 5.75 Å². The Morgan fingerprint density at radius 3 is 1.86 bits per heavy atom. The molecule has 44 valence electrons. The van der Waals surface area contributed by atoms with Crippen molar-refractivity contribution in [1.29, 1.82) is 0 Å². The molecule has 0 aliphatic carbocycles. The normalized spacial score (nSPS) is 10.3. The maximum Gasteiger partial charge on any atom is 0.135 e. The number of hydrogen-bond acceptors (Lipinski definition) is 3. The zero-order chi connectivity index (χ0) is 5.70. The van der Waals surface area contributed by atoms with Gasteiger partial charge >= 0.3 is 0 Å². The fraction of sp³-hybridized carbons (Fsp3) is 1.00. The smallest absolute Gasteiger partial charge is 0.135 e. The highest BCUT2D eigenvalue weighted by Gasteiger charge is 1.90. The minimum atomic E-state index is -0.199. The van der Waals surface area contributed by atoms with Crippen molar-refractivity contribution in [3.63, 3.8) is 0 Å². The van der Waals surface area contributed by atoms with Gasteiger partial charge in [-0.25, -0.2) is 0 Å². The van der Waals surface area contributed by atoms with Gasteiger partial charge in [0.25, 0.3) is 0 Å². The topological polar surface area (TPSA) is 18.5 Å². The zero-order valence-corrected chi connectivity index (χ0v) is 5.33. The highest BCUT2D eigenvalue weighted by molar-refractivity contribution is 7.58. The first-order chi connectivity index (χ1) is 3.35. The summed E-state index contributed by atoms with van der Waals surface area (Å²) in [4.78, 5) is 0. The first-order valence-electron chi connectivity index (χ1n) is 1.98. The molecule has 7 heavy (non-hydrogen) atoms. The van der Waals surface area contributed by atoms with Crippen LogP contribution in [-0.2, 0) is 22.1 Å². The Labute approximate surface area is 49.2 Å². The summed E-state index contributed by atoms with van der Waals surface area (Å²) in [5.74, 6) is 0.493. The summed E-state index contributed by atoms with van der Waals surface area (Å²) in [5.41, 5.74) is 0. The first-order valence-corrected chi connectivity index (χ1v) is 2.56. The van der Waals surface area contributed by atoms with Crippen LogP contribution in [0.1, 0.15) is 0 Å². The van der Waals surface area contributed by atoms with Gasteiger partial charge in [-0.3, -0.25) is 0 Å². The Morgan fingerprint density at radius 2 is 1.86 bits per heavy atom. The number of rotatable bonds is 3. The number of methoxy groups -OCH3 is 2. The Hall–Kier alpha value is 0.270. The molecule has 0 radical (unpaired) electrons. The molecule has 0 atom stereocenters. The lowest BCUT2D eigenvalue weighted by atomic mass is 10.7. The average molecular weight is 121 g/mol. The van der Waals surface area contributed by atoms with E-state index < -0.39 is 0 Å². The minimum absolute atomic E-state index is 0.199. The molecule has 0 amide bonds. The van der Waals surface area contributed by atoms with E-state index in [1.165, 1.54) is 0 Å². The fourth-order valence-electron chi connectivity index (χ4n) is 0.232. The molecule has 0 aliphatic rings. The molecule has 0 saturated heterocycles. The standard InChI is InChI=1S/C4H10O2S/c1-5-4(3-7)6-2/h4,7H,3H2,1-2H3/p-1. The largest absolute Gasteiger partial charge is 0.788 e. The van der Waals surface area contributed by atoms with Crippen LogP contribution in [0.25, 0.3) is 0 Å². The van der Waals surface area contributed by atoms with E-state index in [1.54, 1.807) is 14.2 Å². The molecule has 0 aromatic heterocycles. The van der Waals surface area contributed by atoms with Crippen LogP contribution < -0.4 is 0 Å². The van der Waals surface area contributed by atoms with Gasteiger partial charge in [-0.05, 0) is 0 Å². The molecule has 2 nitrogen and oxygen atoms in total. The minimum Gasteiger partial charge on any atom is -0.788 e. The van der Waals surface area contributed by atoms with Crippen LogP contribution in [0.15, 0.2) is 0 Å². The number of hydrogen-bond donors (Lipinski definition) is 0. The van der Waals surface area contributed by atoms with Crippen molar-refractivity contribution in [3.05, 3.63) is 0 Å². The third-order valence-electron chi connectivity index (χ3n) is 0.662. The van der Waals surface area contributed by atoms with Gasteiger partial charge in [-0.2, -0.15) is 0 Å². The Kier molecular flexibility index (Phi) is 4.60. The molecule has 0 aromatic carbocycles. The van der Waals surface area contributed by atoms with Crippen LogP contribution in [0.3, 0.4) is 0 Å². The van der Waals surface area contributed by atoms with E-state index in [9.17, 15) is 0 Å². The maximum atomic E-state index is 4.72. The van der Waals surface area contributed by atoms with Crippen LogP contribution in [0, 0.1) is 0 Å². The van der Waals surface area contributed by atoms with Gasteiger partial charge in [0.15, 0.2) is 0 Å². The fourth-order valence-corrected chi connectivity index (χ4v) is 0.504. The van der Waals surface area contributed by atoms with Gasteiger partial charge < -0.3 is 22.1 Å². The average Bonchev–Trinajstić information content (AvgIpc) is 1.72. The third-order valence-corrected chi connectivity index (χ3v) is 0.934. The highest BCUT2D eigenvalue weighted by Crippen LogP contribution is 1.85.